The van der Waals surface area contributed by atoms with Gasteiger partial charge in [-0.1, -0.05) is 18.2 Å². The first-order valence-corrected chi connectivity index (χ1v) is 6.92. The van der Waals surface area contributed by atoms with Crippen LogP contribution in [0.2, 0.25) is 0 Å². The van der Waals surface area contributed by atoms with Crippen LogP contribution in [0.15, 0.2) is 24.3 Å². The molecule has 4 heteroatoms. The van der Waals surface area contributed by atoms with Crippen molar-refractivity contribution in [2.24, 2.45) is 5.92 Å². The van der Waals surface area contributed by atoms with Crippen LogP contribution in [-0.2, 0) is 4.74 Å². The Balaban J connectivity index is 1.71. The van der Waals surface area contributed by atoms with E-state index in [0.29, 0.717) is 12.5 Å². The lowest BCUT2D eigenvalue weighted by molar-refractivity contribution is 0.0107. The van der Waals surface area contributed by atoms with Gasteiger partial charge in [0.05, 0.1) is 12.6 Å². The van der Waals surface area contributed by atoms with E-state index in [0.717, 1.165) is 37.4 Å². The number of rotatable bonds is 3. The van der Waals surface area contributed by atoms with Gasteiger partial charge in [-0.25, -0.2) is 0 Å². The number of ether oxygens (including phenoxy) is 2. The van der Waals surface area contributed by atoms with Crippen molar-refractivity contribution in [1.82, 2.24) is 4.90 Å². The second-order valence-corrected chi connectivity index (χ2v) is 5.47. The van der Waals surface area contributed by atoms with Crippen LogP contribution in [0.3, 0.4) is 0 Å². The predicted molar refractivity (Wildman–Crippen MR) is 72.2 cm³/mol. The number of likely N-dealkylation sites (tertiary alicyclic amines) is 1. The Labute approximate surface area is 113 Å². The van der Waals surface area contributed by atoms with E-state index in [2.05, 4.69) is 4.90 Å². The maximum Gasteiger partial charge on any atom is 0.125 e. The average Bonchev–Trinajstić information content (AvgIpc) is 2.88. The molecule has 0 saturated carbocycles. The fraction of sp³-hybridized carbons (Fsp3) is 0.600. The first-order chi connectivity index (χ1) is 9.29. The second-order valence-electron chi connectivity index (χ2n) is 5.47. The van der Waals surface area contributed by atoms with Gasteiger partial charge in [0.1, 0.15) is 18.5 Å². The molecule has 104 valence electrons. The monoisotopic (exact) mass is 263 g/mol. The van der Waals surface area contributed by atoms with Crippen LogP contribution >= 0.6 is 0 Å². The molecular weight excluding hydrogens is 242 g/mol. The topological polar surface area (TPSA) is 41.9 Å². The Hall–Kier alpha value is -1.10. The van der Waals surface area contributed by atoms with E-state index in [1.54, 1.807) is 7.11 Å². The first-order valence-electron chi connectivity index (χ1n) is 6.92. The second kappa shape index (κ2) is 5.49. The standard InChI is InChI=1S/C15H21NO3/c1-18-9-11-6-7-16(8-11)13-10-19-14-5-3-2-4-12(14)15(13)17/h2-5,11,13,15,17H,6-10H2,1H3. The van der Waals surface area contributed by atoms with E-state index < -0.39 is 6.10 Å². The van der Waals surface area contributed by atoms with Crippen LogP contribution in [0.1, 0.15) is 18.1 Å². The number of hydrogen-bond donors (Lipinski definition) is 1. The van der Waals surface area contributed by atoms with Crippen molar-refractivity contribution in [3.8, 4) is 5.75 Å². The summed E-state index contributed by atoms with van der Waals surface area (Å²) in [5.41, 5.74) is 0.911. The molecule has 19 heavy (non-hydrogen) atoms. The van der Waals surface area contributed by atoms with Gasteiger partial charge in [0.15, 0.2) is 0 Å². The van der Waals surface area contributed by atoms with Crippen LogP contribution in [0.4, 0.5) is 0 Å². The molecule has 1 aromatic carbocycles. The molecule has 0 spiro atoms. The van der Waals surface area contributed by atoms with Crippen molar-refractivity contribution >= 4 is 0 Å². The summed E-state index contributed by atoms with van der Waals surface area (Å²) < 4.78 is 11.0. The summed E-state index contributed by atoms with van der Waals surface area (Å²) in [6, 6.07) is 7.83. The molecule has 3 atom stereocenters. The van der Waals surface area contributed by atoms with Gasteiger partial charge in [-0.3, -0.25) is 4.90 Å². The van der Waals surface area contributed by atoms with E-state index in [-0.39, 0.29) is 6.04 Å². The van der Waals surface area contributed by atoms with E-state index in [4.69, 9.17) is 9.47 Å². The molecule has 0 radical (unpaired) electrons. The maximum atomic E-state index is 10.5. The minimum absolute atomic E-state index is 0.0664. The smallest absolute Gasteiger partial charge is 0.125 e. The van der Waals surface area contributed by atoms with E-state index in [9.17, 15) is 5.11 Å². The quantitative estimate of drug-likeness (QED) is 0.896. The van der Waals surface area contributed by atoms with Crippen molar-refractivity contribution in [3.05, 3.63) is 29.8 Å². The van der Waals surface area contributed by atoms with Gasteiger partial charge in [0.25, 0.3) is 0 Å². The maximum absolute atomic E-state index is 10.5. The van der Waals surface area contributed by atoms with Gasteiger partial charge in [0, 0.05) is 19.2 Å². The Kier molecular flexibility index (Phi) is 3.73. The lowest BCUT2D eigenvalue weighted by Gasteiger charge is -2.36. The summed E-state index contributed by atoms with van der Waals surface area (Å²) in [5.74, 6) is 1.40. The summed E-state index contributed by atoms with van der Waals surface area (Å²) in [4.78, 5) is 2.34. The number of benzene rings is 1. The van der Waals surface area contributed by atoms with Crippen molar-refractivity contribution in [2.75, 3.05) is 33.4 Å². The Morgan fingerprint density at radius 3 is 3.11 bits per heavy atom. The Morgan fingerprint density at radius 1 is 1.42 bits per heavy atom. The SMILES string of the molecule is COCC1CCN(C2COc3ccccc3C2O)C1. The molecule has 0 amide bonds. The van der Waals surface area contributed by atoms with E-state index >= 15 is 0 Å². The van der Waals surface area contributed by atoms with Gasteiger partial charge >= 0.3 is 0 Å². The van der Waals surface area contributed by atoms with Crippen molar-refractivity contribution in [2.45, 2.75) is 18.6 Å². The van der Waals surface area contributed by atoms with Crippen LogP contribution in [-0.4, -0.2) is 49.5 Å². The lowest BCUT2D eigenvalue weighted by atomic mass is 9.98. The largest absolute Gasteiger partial charge is 0.491 e. The molecule has 2 aliphatic heterocycles. The van der Waals surface area contributed by atoms with Crippen LogP contribution in [0.25, 0.3) is 0 Å². The fourth-order valence-corrected chi connectivity index (χ4v) is 3.17. The summed E-state index contributed by atoms with van der Waals surface area (Å²) in [5, 5.41) is 10.5. The first kappa shape index (κ1) is 12.9. The van der Waals surface area contributed by atoms with E-state index in [1.807, 2.05) is 24.3 Å². The molecule has 3 rings (SSSR count). The number of nitrogens with zero attached hydrogens (tertiary/aromatic N) is 1. The van der Waals surface area contributed by atoms with Crippen molar-refractivity contribution in [3.63, 3.8) is 0 Å². The molecule has 4 nitrogen and oxygen atoms in total. The van der Waals surface area contributed by atoms with Crippen LogP contribution < -0.4 is 4.74 Å². The molecule has 0 aromatic heterocycles. The summed E-state index contributed by atoms with van der Waals surface area (Å²) >= 11 is 0. The molecular formula is C15H21NO3. The van der Waals surface area contributed by atoms with Crippen molar-refractivity contribution < 1.29 is 14.6 Å². The van der Waals surface area contributed by atoms with Gasteiger partial charge < -0.3 is 14.6 Å². The molecule has 1 saturated heterocycles. The highest BCUT2D eigenvalue weighted by Gasteiger charge is 2.36. The van der Waals surface area contributed by atoms with Gasteiger partial charge in [-0.15, -0.1) is 0 Å². The number of hydrogen-bond acceptors (Lipinski definition) is 4. The normalized spacial score (nSPS) is 30.9. The average molecular weight is 263 g/mol. The zero-order chi connectivity index (χ0) is 13.2. The number of aliphatic hydroxyl groups excluding tert-OH is 1. The molecule has 0 aliphatic carbocycles. The van der Waals surface area contributed by atoms with Gasteiger partial charge in [-0.05, 0) is 24.9 Å². The predicted octanol–water partition coefficient (Wildman–Crippen LogP) is 1.45. The van der Waals surface area contributed by atoms with Gasteiger partial charge in [0.2, 0.25) is 0 Å². The molecule has 3 unspecified atom stereocenters. The summed E-state index contributed by atoms with van der Waals surface area (Å²) in [6.07, 6.45) is 0.685. The highest BCUT2D eigenvalue weighted by atomic mass is 16.5. The zero-order valence-corrected chi connectivity index (χ0v) is 11.3. The molecule has 2 heterocycles. The highest BCUT2D eigenvalue weighted by molar-refractivity contribution is 5.37. The molecule has 2 aliphatic rings. The number of methoxy groups -OCH3 is 1. The third-order valence-corrected chi connectivity index (χ3v) is 4.20. The Bertz CT molecular complexity index is 437. The number of para-hydroxylation sites is 1. The number of fused-ring (bicyclic) bond motifs is 1. The minimum atomic E-state index is -0.453. The molecule has 1 aromatic rings. The van der Waals surface area contributed by atoms with E-state index in [1.165, 1.54) is 0 Å². The molecule has 1 fully saturated rings. The third kappa shape index (κ3) is 2.48. The minimum Gasteiger partial charge on any atom is -0.491 e. The molecule has 0 bridgehead atoms. The van der Waals surface area contributed by atoms with Crippen LogP contribution in [0.5, 0.6) is 5.75 Å². The fourth-order valence-electron chi connectivity index (χ4n) is 3.17. The highest BCUT2D eigenvalue weighted by Crippen LogP contribution is 2.35. The lowest BCUT2D eigenvalue weighted by Crippen LogP contribution is -2.44. The third-order valence-electron chi connectivity index (χ3n) is 4.20. The Morgan fingerprint density at radius 2 is 2.26 bits per heavy atom. The zero-order valence-electron chi connectivity index (χ0n) is 11.3. The van der Waals surface area contributed by atoms with Crippen LogP contribution in [0, 0.1) is 5.92 Å². The van der Waals surface area contributed by atoms with Crippen molar-refractivity contribution in [1.29, 1.82) is 0 Å². The van der Waals surface area contributed by atoms with Gasteiger partial charge in [-0.2, -0.15) is 0 Å². The number of aliphatic hydroxyl groups is 1. The summed E-state index contributed by atoms with van der Waals surface area (Å²) in [6.45, 7) is 3.37. The molecule has 1 N–H and O–H groups in total. The summed E-state index contributed by atoms with van der Waals surface area (Å²) in [7, 11) is 1.75.